The summed E-state index contributed by atoms with van der Waals surface area (Å²) in [4.78, 5) is 10.6. The second-order valence-electron chi connectivity index (χ2n) is 2.98. The smallest absolute Gasteiger partial charge is 0.374 e. The molecular weight excluding hydrogens is 281 g/mol. The van der Waals surface area contributed by atoms with Crippen LogP contribution in [0.15, 0.2) is 33.3 Å². The van der Waals surface area contributed by atoms with Crippen molar-refractivity contribution in [2.75, 3.05) is 0 Å². The van der Waals surface area contributed by atoms with Crippen LogP contribution in [0, 0.1) is 5.82 Å². The molecule has 1 N–H and O–H groups in total. The van der Waals surface area contributed by atoms with Gasteiger partial charge in [-0.25, -0.2) is 9.18 Å². The number of rotatable bonds is 2. The van der Waals surface area contributed by atoms with E-state index in [4.69, 9.17) is 5.11 Å². The highest BCUT2D eigenvalue weighted by Crippen LogP contribution is 2.30. The Kier molecular flexibility index (Phi) is 2.74. The molecule has 0 atom stereocenters. The molecule has 1 aromatic heterocycles. The summed E-state index contributed by atoms with van der Waals surface area (Å²) in [5.74, 6) is -2.07. The molecule has 0 unspecified atom stereocenters. The molecule has 0 spiro atoms. The first-order chi connectivity index (χ1) is 7.59. The van der Waals surface area contributed by atoms with Crippen LogP contribution in [0.5, 0.6) is 0 Å². The van der Waals surface area contributed by atoms with E-state index in [0.29, 0.717) is 4.47 Å². The first-order valence-electron chi connectivity index (χ1n) is 4.24. The molecule has 2 aromatic rings. The van der Waals surface area contributed by atoms with Gasteiger partial charge >= 0.3 is 5.97 Å². The fraction of sp³-hybridized carbons (Fsp3) is 0. The Morgan fingerprint density at radius 2 is 2.25 bits per heavy atom. The molecule has 2 rings (SSSR count). The number of halogens is 2. The Labute approximate surface area is 97.8 Å². The molecule has 1 heterocycles. The molecule has 6 heteroatoms. The van der Waals surface area contributed by atoms with Crippen LogP contribution < -0.4 is 0 Å². The average molecular weight is 286 g/mol. The van der Waals surface area contributed by atoms with Gasteiger partial charge in [-0.2, -0.15) is 0 Å². The molecule has 0 fully saturated rings. The number of carboxylic acid groups (broad SMARTS) is 1. The molecule has 1 aromatic carbocycles. The Balaban J connectivity index is 2.54. The number of hydrogen-bond acceptors (Lipinski definition) is 3. The molecule has 0 radical (unpaired) electrons. The Hall–Kier alpha value is -1.69. The Bertz CT molecular complexity index is 532. The van der Waals surface area contributed by atoms with Crippen molar-refractivity contribution in [3.8, 4) is 11.3 Å². The molecule has 4 nitrogen and oxygen atoms in total. The van der Waals surface area contributed by atoms with Gasteiger partial charge in [0, 0.05) is 10.5 Å². The predicted octanol–water partition coefficient (Wildman–Crippen LogP) is 2.94. The highest BCUT2D eigenvalue weighted by atomic mass is 79.9. The quantitative estimate of drug-likeness (QED) is 0.921. The van der Waals surface area contributed by atoms with Crippen molar-refractivity contribution >= 4 is 21.9 Å². The maximum absolute atomic E-state index is 13.5. The van der Waals surface area contributed by atoms with Crippen molar-refractivity contribution in [1.82, 2.24) is 5.16 Å². The van der Waals surface area contributed by atoms with Gasteiger partial charge in [-0.05, 0) is 28.1 Å². The molecule has 16 heavy (non-hydrogen) atoms. The van der Waals surface area contributed by atoms with E-state index >= 15 is 0 Å². The summed E-state index contributed by atoms with van der Waals surface area (Å²) in [6, 6.07) is 5.59. The summed E-state index contributed by atoms with van der Waals surface area (Å²) in [6.07, 6.45) is 0. The largest absolute Gasteiger partial charge is 0.475 e. The lowest BCUT2D eigenvalue weighted by Crippen LogP contribution is -1.91. The van der Waals surface area contributed by atoms with Gasteiger partial charge in [0.1, 0.15) is 11.5 Å². The summed E-state index contributed by atoms with van der Waals surface area (Å²) >= 11 is 3.16. The predicted molar refractivity (Wildman–Crippen MR) is 56.6 cm³/mol. The highest BCUT2D eigenvalue weighted by Gasteiger charge is 2.17. The zero-order chi connectivity index (χ0) is 11.7. The normalized spacial score (nSPS) is 10.4. The van der Waals surface area contributed by atoms with Gasteiger partial charge in [-0.3, -0.25) is 0 Å². The van der Waals surface area contributed by atoms with E-state index in [1.54, 1.807) is 6.07 Å². The summed E-state index contributed by atoms with van der Waals surface area (Å²) < 4.78 is 18.5. The number of aromatic nitrogens is 1. The fourth-order valence-corrected chi connectivity index (χ4v) is 1.78. The van der Waals surface area contributed by atoms with E-state index in [0.717, 1.165) is 0 Å². The van der Waals surface area contributed by atoms with Gasteiger partial charge in [0.2, 0.25) is 5.76 Å². The van der Waals surface area contributed by atoms with Crippen LogP contribution >= 0.6 is 15.9 Å². The second-order valence-corrected chi connectivity index (χ2v) is 3.83. The molecule has 0 bridgehead atoms. The Morgan fingerprint density at radius 1 is 1.50 bits per heavy atom. The topological polar surface area (TPSA) is 63.3 Å². The standard InChI is InChI=1S/C10H5BrFNO3/c11-5-2-1-3-6(12)9(5)7-4-8(10(14)15)16-13-7/h1-4H,(H,14,15). The van der Waals surface area contributed by atoms with Crippen LogP contribution in [0.4, 0.5) is 4.39 Å². The minimum Gasteiger partial charge on any atom is -0.475 e. The van der Waals surface area contributed by atoms with Crippen LogP contribution in [-0.4, -0.2) is 16.2 Å². The van der Waals surface area contributed by atoms with Gasteiger partial charge in [0.05, 0.1) is 5.56 Å². The minimum absolute atomic E-state index is 0.141. The lowest BCUT2D eigenvalue weighted by molar-refractivity contribution is 0.0652. The van der Waals surface area contributed by atoms with Gasteiger partial charge in [-0.1, -0.05) is 11.2 Å². The van der Waals surface area contributed by atoms with E-state index in [1.165, 1.54) is 18.2 Å². The van der Waals surface area contributed by atoms with Crippen molar-refractivity contribution in [3.05, 3.63) is 40.3 Å². The number of nitrogens with zero attached hydrogens (tertiary/aromatic N) is 1. The first-order valence-corrected chi connectivity index (χ1v) is 5.03. The van der Waals surface area contributed by atoms with Crippen molar-refractivity contribution in [2.24, 2.45) is 0 Å². The summed E-state index contributed by atoms with van der Waals surface area (Å²) in [7, 11) is 0. The number of carbonyl (C=O) groups is 1. The zero-order valence-corrected chi connectivity index (χ0v) is 9.36. The van der Waals surface area contributed by atoms with Crippen LogP contribution in [0.2, 0.25) is 0 Å². The fourth-order valence-electron chi connectivity index (χ4n) is 1.24. The van der Waals surface area contributed by atoms with Gasteiger partial charge < -0.3 is 9.63 Å². The molecule has 0 saturated heterocycles. The summed E-state index contributed by atoms with van der Waals surface area (Å²) in [5, 5.41) is 12.1. The molecule has 82 valence electrons. The molecule has 0 saturated carbocycles. The van der Waals surface area contributed by atoms with Gasteiger partial charge in [0.25, 0.3) is 0 Å². The Morgan fingerprint density at radius 3 is 2.81 bits per heavy atom. The summed E-state index contributed by atoms with van der Waals surface area (Å²) in [6.45, 7) is 0. The number of aromatic carboxylic acids is 1. The molecule has 0 amide bonds. The molecule has 0 aliphatic heterocycles. The molecular formula is C10H5BrFNO3. The lowest BCUT2D eigenvalue weighted by Gasteiger charge is -2.00. The van der Waals surface area contributed by atoms with Crippen LogP contribution in [0.3, 0.4) is 0 Å². The van der Waals surface area contributed by atoms with E-state index in [2.05, 4.69) is 25.6 Å². The third-order valence-electron chi connectivity index (χ3n) is 1.94. The first kappa shape index (κ1) is 10.8. The summed E-state index contributed by atoms with van der Waals surface area (Å²) in [5.41, 5.74) is 0.320. The third kappa shape index (κ3) is 1.83. The van der Waals surface area contributed by atoms with Gasteiger partial charge in [-0.15, -0.1) is 0 Å². The second kappa shape index (κ2) is 4.05. The van der Waals surface area contributed by atoms with Crippen molar-refractivity contribution in [3.63, 3.8) is 0 Å². The average Bonchev–Trinajstić information content (AvgIpc) is 2.66. The van der Waals surface area contributed by atoms with Gasteiger partial charge in [0.15, 0.2) is 0 Å². The van der Waals surface area contributed by atoms with Crippen LogP contribution in [0.1, 0.15) is 10.6 Å². The lowest BCUT2D eigenvalue weighted by atomic mass is 10.1. The SMILES string of the molecule is O=C(O)c1cc(-c2c(F)cccc2Br)no1. The maximum Gasteiger partial charge on any atom is 0.374 e. The van der Waals surface area contributed by atoms with E-state index in [9.17, 15) is 9.18 Å². The highest BCUT2D eigenvalue weighted by molar-refractivity contribution is 9.10. The third-order valence-corrected chi connectivity index (χ3v) is 2.60. The maximum atomic E-state index is 13.5. The monoisotopic (exact) mass is 285 g/mol. The van der Waals surface area contributed by atoms with E-state index in [-0.39, 0.29) is 17.0 Å². The molecule has 0 aliphatic rings. The zero-order valence-electron chi connectivity index (χ0n) is 7.78. The number of benzene rings is 1. The van der Waals surface area contributed by atoms with Crippen LogP contribution in [-0.2, 0) is 0 Å². The molecule has 0 aliphatic carbocycles. The van der Waals surface area contributed by atoms with E-state index < -0.39 is 11.8 Å². The number of hydrogen-bond donors (Lipinski definition) is 1. The van der Waals surface area contributed by atoms with Crippen LogP contribution in [0.25, 0.3) is 11.3 Å². The van der Waals surface area contributed by atoms with Crippen molar-refractivity contribution in [2.45, 2.75) is 0 Å². The van der Waals surface area contributed by atoms with Crippen molar-refractivity contribution < 1.29 is 18.8 Å². The minimum atomic E-state index is -1.24. The van der Waals surface area contributed by atoms with Crippen molar-refractivity contribution in [1.29, 1.82) is 0 Å². The number of carboxylic acids is 1. The van der Waals surface area contributed by atoms with E-state index in [1.807, 2.05) is 0 Å².